The molecule has 1 aliphatic heterocycles. The minimum atomic E-state index is -0.680. The van der Waals surface area contributed by atoms with Gasteiger partial charge in [0.25, 0.3) is 0 Å². The Bertz CT molecular complexity index is 842. The van der Waals surface area contributed by atoms with E-state index in [1.165, 1.54) is 14.2 Å². The monoisotopic (exact) mass is 389 g/mol. The molecule has 1 aromatic carbocycles. The van der Waals surface area contributed by atoms with Crippen molar-refractivity contribution in [1.82, 2.24) is 5.32 Å². The Labute approximate surface area is 164 Å². The fourth-order valence-electron chi connectivity index (χ4n) is 3.11. The van der Waals surface area contributed by atoms with Crippen molar-refractivity contribution in [1.29, 1.82) is 0 Å². The van der Waals surface area contributed by atoms with Crippen molar-refractivity contribution in [2.45, 2.75) is 27.7 Å². The molecule has 0 spiro atoms. The molecule has 0 fully saturated rings. The molecule has 1 N–H and O–H groups in total. The molecule has 1 heterocycles. The van der Waals surface area contributed by atoms with Crippen molar-refractivity contribution < 1.29 is 19.1 Å². The van der Waals surface area contributed by atoms with Gasteiger partial charge in [0.1, 0.15) is 0 Å². The van der Waals surface area contributed by atoms with Gasteiger partial charge in [0.2, 0.25) is 0 Å². The van der Waals surface area contributed by atoms with E-state index in [9.17, 15) is 9.59 Å². The number of ether oxygens (including phenoxy) is 2. The lowest BCUT2D eigenvalue weighted by molar-refractivity contribution is -0.137. The summed E-state index contributed by atoms with van der Waals surface area (Å²) in [5.74, 6) is -1.74. The van der Waals surface area contributed by atoms with Crippen LogP contribution in [0.2, 0.25) is 0 Å². The van der Waals surface area contributed by atoms with E-state index in [4.69, 9.17) is 21.1 Å². The van der Waals surface area contributed by atoms with Crippen LogP contribution in [0.25, 0.3) is 5.03 Å². The maximum Gasteiger partial charge on any atom is 0.336 e. The van der Waals surface area contributed by atoms with Crippen LogP contribution in [0.5, 0.6) is 0 Å². The number of aryl methyl sites for hydroxylation is 2. The molecule has 5 nitrogen and oxygen atoms in total. The molecule has 0 unspecified atom stereocenters. The number of carbonyl (C=O) groups is 2. The fourth-order valence-corrected chi connectivity index (χ4v) is 3.35. The standard InChI is InChI=1S/C21H24ClNO4/c1-11-7-8-15(9-12(11)2)17(22)10-16-18(20(24)26-5)13(3)23-14(4)19(16)21(25)27-6/h7-10,16,23H,1-6H3/b17-10-. The van der Waals surface area contributed by atoms with E-state index < -0.39 is 17.9 Å². The number of rotatable bonds is 4. The summed E-state index contributed by atoms with van der Waals surface area (Å²) in [4.78, 5) is 24.8. The van der Waals surface area contributed by atoms with E-state index in [0.29, 0.717) is 27.6 Å². The van der Waals surface area contributed by atoms with Gasteiger partial charge in [-0.15, -0.1) is 0 Å². The second-order valence-electron chi connectivity index (χ2n) is 6.48. The van der Waals surface area contributed by atoms with Gasteiger partial charge in [-0.3, -0.25) is 0 Å². The second kappa shape index (κ2) is 8.44. The molecule has 0 saturated heterocycles. The molecule has 0 bridgehead atoms. The minimum Gasteiger partial charge on any atom is -0.466 e. The molecule has 27 heavy (non-hydrogen) atoms. The summed E-state index contributed by atoms with van der Waals surface area (Å²) >= 11 is 6.58. The number of benzene rings is 1. The first-order valence-electron chi connectivity index (χ1n) is 8.51. The smallest absolute Gasteiger partial charge is 0.336 e. The molecule has 0 aliphatic carbocycles. The van der Waals surface area contributed by atoms with Gasteiger partial charge in [0.15, 0.2) is 0 Å². The van der Waals surface area contributed by atoms with Gasteiger partial charge >= 0.3 is 11.9 Å². The molecule has 0 amide bonds. The number of methoxy groups -OCH3 is 2. The van der Waals surface area contributed by atoms with Gasteiger partial charge in [-0.2, -0.15) is 0 Å². The normalized spacial score (nSPS) is 15.6. The summed E-state index contributed by atoms with van der Waals surface area (Å²) in [7, 11) is 2.61. The van der Waals surface area contributed by atoms with Gasteiger partial charge < -0.3 is 14.8 Å². The molecule has 0 atom stereocenters. The highest BCUT2D eigenvalue weighted by atomic mass is 35.5. The predicted molar refractivity (Wildman–Crippen MR) is 106 cm³/mol. The molecule has 2 rings (SSSR count). The van der Waals surface area contributed by atoms with Gasteiger partial charge in [0, 0.05) is 22.3 Å². The van der Waals surface area contributed by atoms with Gasteiger partial charge in [0.05, 0.1) is 25.4 Å². The molecule has 1 aliphatic rings. The Kier molecular flexibility index (Phi) is 6.50. The van der Waals surface area contributed by atoms with Crippen LogP contribution >= 0.6 is 11.6 Å². The number of hydrogen-bond donors (Lipinski definition) is 1. The number of allylic oxidation sites excluding steroid dienone is 3. The highest BCUT2D eigenvalue weighted by Gasteiger charge is 2.35. The Morgan fingerprint density at radius 1 is 0.963 bits per heavy atom. The largest absolute Gasteiger partial charge is 0.466 e. The van der Waals surface area contributed by atoms with Crippen LogP contribution in [0.1, 0.15) is 30.5 Å². The van der Waals surface area contributed by atoms with E-state index in [0.717, 1.165) is 16.7 Å². The number of esters is 2. The average molecular weight is 390 g/mol. The van der Waals surface area contributed by atoms with Crippen molar-refractivity contribution in [3.05, 3.63) is 63.5 Å². The van der Waals surface area contributed by atoms with Gasteiger partial charge in [-0.25, -0.2) is 9.59 Å². The highest BCUT2D eigenvalue weighted by Crippen LogP contribution is 2.35. The zero-order valence-corrected chi connectivity index (χ0v) is 17.2. The van der Waals surface area contributed by atoms with Crippen LogP contribution in [0, 0.1) is 19.8 Å². The fraction of sp³-hybridized carbons (Fsp3) is 0.333. The zero-order chi connectivity index (χ0) is 20.3. The minimum absolute atomic E-state index is 0.325. The van der Waals surface area contributed by atoms with Crippen molar-refractivity contribution in [3.8, 4) is 0 Å². The molecule has 0 radical (unpaired) electrons. The van der Waals surface area contributed by atoms with E-state index in [-0.39, 0.29) is 0 Å². The number of halogens is 1. The predicted octanol–water partition coefficient (Wildman–Crippen LogP) is 4.00. The molecule has 6 heteroatoms. The molecule has 1 aromatic rings. The van der Waals surface area contributed by atoms with E-state index in [1.54, 1.807) is 19.9 Å². The SMILES string of the molecule is COC(=O)C1=C(C)NC(C)=C(C(=O)OC)C1/C=C(\Cl)c1ccc(C)c(C)c1. The Morgan fingerprint density at radius 2 is 1.48 bits per heavy atom. The number of carbonyl (C=O) groups excluding carboxylic acids is 2. The molecular weight excluding hydrogens is 366 g/mol. The Balaban J connectivity index is 2.62. The summed E-state index contributed by atoms with van der Waals surface area (Å²) in [5, 5.41) is 3.49. The molecular formula is C21H24ClNO4. The number of dihydropyridines is 1. The zero-order valence-electron chi connectivity index (χ0n) is 16.4. The first-order valence-corrected chi connectivity index (χ1v) is 8.89. The van der Waals surface area contributed by atoms with Crippen molar-refractivity contribution in [2.24, 2.45) is 5.92 Å². The topological polar surface area (TPSA) is 64.6 Å². The maximum absolute atomic E-state index is 12.4. The molecule has 0 aromatic heterocycles. The summed E-state index contributed by atoms with van der Waals surface area (Å²) in [6.45, 7) is 7.54. The summed E-state index contributed by atoms with van der Waals surface area (Å²) < 4.78 is 9.85. The van der Waals surface area contributed by atoms with Crippen LogP contribution in [0.3, 0.4) is 0 Å². The third kappa shape index (κ3) is 4.25. The van der Waals surface area contributed by atoms with Crippen molar-refractivity contribution in [2.75, 3.05) is 14.2 Å². The van der Waals surface area contributed by atoms with E-state index in [1.807, 2.05) is 32.0 Å². The Morgan fingerprint density at radius 3 is 1.93 bits per heavy atom. The maximum atomic E-state index is 12.4. The van der Waals surface area contributed by atoms with Crippen LogP contribution in [0.15, 0.2) is 46.8 Å². The third-order valence-corrected chi connectivity index (χ3v) is 5.06. The van der Waals surface area contributed by atoms with Crippen molar-refractivity contribution >= 4 is 28.6 Å². The first kappa shape index (κ1) is 20.8. The van der Waals surface area contributed by atoms with Crippen LogP contribution in [-0.2, 0) is 19.1 Å². The van der Waals surface area contributed by atoms with Crippen LogP contribution in [-0.4, -0.2) is 26.2 Å². The summed E-state index contributed by atoms with van der Waals surface area (Å²) in [5.41, 5.74) is 4.93. The summed E-state index contributed by atoms with van der Waals surface area (Å²) in [6.07, 6.45) is 1.69. The molecule has 144 valence electrons. The quantitative estimate of drug-likeness (QED) is 0.788. The van der Waals surface area contributed by atoms with Gasteiger partial charge in [-0.05, 0) is 44.4 Å². The average Bonchev–Trinajstić information content (AvgIpc) is 2.62. The lowest BCUT2D eigenvalue weighted by atomic mass is 9.84. The third-order valence-electron chi connectivity index (χ3n) is 4.71. The lowest BCUT2D eigenvalue weighted by Gasteiger charge is -2.28. The second-order valence-corrected chi connectivity index (χ2v) is 6.88. The lowest BCUT2D eigenvalue weighted by Crippen LogP contribution is -2.32. The Hall–Kier alpha value is -2.53. The molecule has 0 saturated carbocycles. The van der Waals surface area contributed by atoms with Crippen molar-refractivity contribution in [3.63, 3.8) is 0 Å². The van der Waals surface area contributed by atoms with Crippen LogP contribution < -0.4 is 5.32 Å². The summed E-state index contributed by atoms with van der Waals surface area (Å²) in [6, 6.07) is 5.86. The number of nitrogens with one attached hydrogen (secondary N) is 1. The highest BCUT2D eigenvalue weighted by molar-refractivity contribution is 6.48. The first-order chi connectivity index (χ1) is 12.7. The van der Waals surface area contributed by atoms with E-state index in [2.05, 4.69) is 5.32 Å². The van der Waals surface area contributed by atoms with Crippen LogP contribution in [0.4, 0.5) is 0 Å². The number of hydrogen-bond acceptors (Lipinski definition) is 5. The van der Waals surface area contributed by atoms with Gasteiger partial charge in [-0.1, -0.05) is 35.9 Å². The van der Waals surface area contributed by atoms with E-state index >= 15 is 0 Å².